The lowest BCUT2D eigenvalue weighted by atomic mass is 10.0. The van der Waals surface area contributed by atoms with Crippen molar-refractivity contribution in [2.45, 2.75) is 58.4 Å². The van der Waals surface area contributed by atoms with E-state index in [1.165, 1.54) is 24.2 Å². The van der Waals surface area contributed by atoms with Crippen molar-refractivity contribution in [2.75, 3.05) is 6.61 Å². The van der Waals surface area contributed by atoms with E-state index in [2.05, 4.69) is 16.5 Å². The molecule has 1 aromatic rings. The highest BCUT2D eigenvalue weighted by Crippen LogP contribution is 2.25. The molecule has 18 heavy (non-hydrogen) atoms. The van der Waals surface area contributed by atoms with Crippen LogP contribution in [0, 0.1) is 0 Å². The standard InChI is InChI=1S/C14H22N2O2/c1-3-7-13(14(17)18-4-2)16-10-15-11-8-5-6-9-12(11)16/h10,13H,3-9H2,1-2H3. The molecular formula is C14H22N2O2. The number of esters is 1. The Bertz CT molecular complexity index is 412. The number of hydrogen-bond acceptors (Lipinski definition) is 3. The first kappa shape index (κ1) is 13.1. The Morgan fingerprint density at radius 2 is 2.22 bits per heavy atom. The molecule has 100 valence electrons. The van der Waals surface area contributed by atoms with Crippen LogP contribution < -0.4 is 0 Å². The maximum atomic E-state index is 12.0. The molecule has 0 N–H and O–H groups in total. The van der Waals surface area contributed by atoms with Crippen molar-refractivity contribution >= 4 is 5.97 Å². The van der Waals surface area contributed by atoms with Crippen LogP contribution in [0.1, 0.15) is 57.0 Å². The molecule has 0 fully saturated rings. The van der Waals surface area contributed by atoms with Gasteiger partial charge < -0.3 is 9.30 Å². The average Bonchev–Trinajstić information content (AvgIpc) is 2.80. The van der Waals surface area contributed by atoms with Crippen LogP contribution in [0.25, 0.3) is 0 Å². The van der Waals surface area contributed by atoms with Crippen molar-refractivity contribution in [2.24, 2.45) is 0 Å². The fourth-order valence-corrected chi connectivity index (χ4v) is 2.64. The van der Waals surface area contributed by atoms with E-state index < -0.39 is 0 Å². The number of carbonyl (C=O) groups is 1. The van der Waals surface area contributed by atoms with Crippen molar-refractivity contribution in [3.63, 3.8) is 0 Å². The predicted molar refractivity (Wildman–Crippen MR) is 69.4 cm³/mol. The van der Waals surface area contributed by atoms with Crippen LogP contribution in [0.15, 0.2) is 6.33 Å². The van der Waals surface area contributed by atoms with E-state index in [1.54, 1.807) is 0 Å². The molecule has 0 radical (unpaired) electrons. The van der Waals surface area contributed by atoms with E-state index >= 15 is 0 Å². The molecule has 1 heterocycles. The third kappa shape index (κ3) is 2.57. The maximum absolute atomic E-state index is 12.0. The summed E-state index contributed by atoms with van der Waals surface area (Å²) in [6.45, 7) is 4.38. The molecule has 0 aromatic carbocycles. The van der Waals surface area contributed by atoms with E-state index in [1.807, 2.05) is 13.3 Å². The summed E-state index contributed by atoms with van der Waals surface area (Å²) in [5.41, 5.74) is 2.42. The molecule has 1 aliphatic rings. The Balaban J connectivity index is 2.24. The van der Waals surface area contributed by atoms with Crippen LogP contribution in [0.5, 0.6) is 0 Å². The summed E-state index contributed by atoms with van der Waals surface area (Å²) < 4.78 is 7.24. The molecule has 1 aliphatic carbocycles. The minimum atomic E-state index is -0.190. The molecule has 2 rings (SSSR count). The molecule has 0 saturated heterocycles. The number of fused-ring (bicyclic) bond motifs is 1. The third-order valence-electron chi connectivity index (χ3n) is 3.52. The number of imidazole rings is 1. The van der Waals surface area contributed by atoms with Gasteiger partial charge in [0, 0.05) is 5.69 Å². The summed E-state index contributed by atoms with van der Waals surface area (Å²) in [5.74, 6) is -0.120. The summed E-state index contributed by atoms with van der Waals surface area (Å²) in [5, 5.41) is 0. The van der Waals surface area contributed by atoms with Crippen LogP contribution in [0.3, 0.4) is 0 Å². The van der Waals surface area contributed by atoms with Crippen molar-refractivity contribution in [1.82, 2.24) is 9.55 Å². The number of hydrogen-bond donors (Lipinski definition) is 0. The van der Waals surface area contributed by atoms with Crippen molar-refractivity contribution in [1.29, 1.82) is 0 Å². The molecule has 0 amide bonds. The van der Waals surface area contributed by atoms with Crippen molar-refractivity contribution in [3.05, 3.63) is 17.7 Å². The molecular weight excluding hydrogens is 228 g/mol. The predicted octanol–water partition coefficient (Wildman–Crippen LogP) is 2.67. The highest BCUT2D eigenvalue weighted by Gasteiger charge is 2.25. The fraction of sp³-hybridized carbons (Fsp3) is 0.714. The summed E-state index contributed by atoms with van der Waals surface area (Å²) in [6, 6.07) is -0.190. The van der Waals surface area contributed by atoms with E-state index in [-0.39, 0.29) is 12.0 Å². The summed E-state index contributed by atoms with van der Waals surface area (Å²) in [6.07, 6.45) is 8.10. The van der Waals surface area contributed by atoms with Gasteiger partial charge in [-0.15, -0.1) is 0 Å². The second-order valence-corrected chi connectivity index (χ2v) is 4.81. The number of aromatic nitrogens is 2. The smallest absolute Gasteiger partial charge is 0.329 e. The molecule has 1 unspecified atom stereocenters. The Hall–Kier alpha value is -1.32. The topological polar surface area (TPSA) is 44.1 Å². The highest BCUT2D eigenvalue weighted by molar-refractivity contribution is 5.74. The van der Waals surface area contributed by atoms with Gasteiger partial charge in [-0.25, -0.2) is 9.78 Å². The molecule has 4 nitrogen and oxygen atoms in total. The Morgan fingerprint density at radius 3 is 2.94 bits per heavy atom. The monoisotopic (exact) mass is 250 g/mol. The van der Waals surface area contributed by atoms with Gasteiger partial charge in [-0.3, -0.25) is 0 Å². The number of carbonyl (C=O) groups excluding carboxylic acids is 1. The van der Waals surface area contributed by atoms with Gasteiger partial charge in [0.15, 0.2) is 0 Å². The molecule has 0 spiro atoms. The van der Waals surface area contributed by atoms with Crippen LogP contribution in [0.2, 0.25) is 0 Å². The van der Waals surface area contributed by atoms with Gasteiger partial charge in [0.25, 0.3) is 0 Å². The van der Waals surface area contributed by atoms with Crippen molar-refractivity contribution < 1.29 is 9.53 Å². The minimum Gasteiger partial charge on any atom is -0.464 e. The fourth-order valence-electron chi connectivity index (χ4n) is 2.64. The van der Waals surface area contributed by atoms with Gasteiger partial charge in [0.2, 0.25) is 0 Å². The van der Waals surface area contributed by atoms with E-state index in [9.17, 15) is 4.79 Å². The zero-order valence-electron chi connectivity index (χ0n) is 11.3. The summed E-state index contributed by atoms with van der Waals surface area (Å²) in [4.78, 5) is 16.5. The summed E-state index contributed by atoms with van der Waals surface area (Å²) in [7, 11) is 0. The van der Waals surface area contributed by atoms with E-state index in [0.717, 1.165) is 25.7 Å². The maximum Gasteiger partial charge on any atom is 0.329 e. The minimum absolute atomic E-state index is 0.120. The summed E-state index contributed by atoms with van der Waals surface area (Å²) >= 11 is 0. The number of ether oxygens (including phenoxy) is 1. The molecule has 1 aromatic heterocycles. The Labute approximate surface area is 108 Å². The quantitative estimate of drug-likeness (QED) is 0.755. The van der Waals surface area contributed by atoms with Crippen LogP contribution >= 0.6 is 0 Å². The van der Waals surface area contributed by atoms with E-state index in [4.69, 9.17) is 4.74 Å². The molecule has 0 saturated carbocycles. The lowest BCUT2D eigenvalue weighted by molar-refractivity contribution is -0.147. The van der Waals surface area contributed by atoms with Gasteiger partial charge in [-0.2, -0.15) is 0 Å². The number of aryl methyl sites for hydroxylation is 1. The van der Waals surface area contributed by atoms with Crippen LogP contribution in [-0.4, -0.2) is 22.1 Å². The first-order chi connectivity index (χ1) is 8.77. The number of rotatable bonds is 5. The number of nitrogens with zero attached hydrogens (tertiary/aromatic N) is 2. The first-order valence-corrected chi connectivity index (χ1v) is 6.99. The van der Waals surface area contributed by atoms with Gasteiger partial charge in [0.1, 0.15) is 6.04 Å². The zero-order chi connectivity index (χ0) is 13.0. The molecule has 4 heteroatoms. The van der Waals surface area contributed by atoms with E-state index in [0.29, 0.717) is 6.61 Å². The first-order valence-electron chi connectivity index (χ1n) is 6.99. The Kier molecular flexibility index (Phi) is 4.39. The van der Waals surface area contributed by atoms with Crippen molar-refractivity contribution in [3.8, 4) is 0 Å². The van der Waals surface area contributed by atoms with Crippen LogP contribution in [-0.2, 0) is 22.4 Å². The average molecular weight is 250 g/mol. The molecule has 1 atom stereocenters. The Morgan fingerprint density at radius 1 is 1.44 bits per heavy atom. The van der Waals surface area contributed by atoms with Gasteiger partial charge >= 0.3 is 5.97 Å². The van der Waals surface area contributed by atoms with Gasteiger partial charge in [-0.05, 0) is 39.0 Å². The second kappa shape index (κ2) is 6.03. The van der Waals surface area contributed by atoms with Gasteiger partial charge in [-0.1, -0.05) is 13.3 Å². The SMILES string of the molecule is CCCC(C(=O)OCC)n1cnc2c1CCCC2. The lowest BCUT2D eigenvalue weighted by Crippen LogP contribution is -2.24. The molecule has 0 aliphatic heterocycles. The largest absolute Gasteiger partial charge is 0.464 e. The second-order valence-electron chi connectivity index (χ2n) is 4.81. The third-order valence-corrected chi connectivity index (χ3v) is 3.52. The molecule has 0 bridgehead atoms. The lowest BCUT2D eigenvalue weighted by Gasteiger charge is -2.21. The normalized spacial score (nSPS) is 16.1. The highest BCUT2D eigenvalue weighted by atomic mass is 16.5. The van der Waals surface area contributed by atoms with Crippen LogP contribution in [0.4, 0.5) is 0 Å². The zero-order valence-corrected chi connectivity index (χ0v) is 11.3. The van der Waals surface area contributed by atoms with Gasteiger partial charge in [0.05, 0.1) is 18.6 Å².